The van der Waals surface area contributed by atoms with Crippen LogP contribution in [0.25, 0.3) is 28.2 Å². The first-order valence-corrected chi connectivity index (χ1v) is 7.57. The summed E-state index contributed by atoms with van der Waals surface area (Å²) in [6.07, 6.45) is 3.42. The monoisotopic (exact) mass is 317 g/mol. The van der Waals surface area contributed by atoms with Crippen molar-refractivity contribution in [1.82, 2.24) is 14.4 Å². The van der Waals surface area contributed by atoms with Gasteiger partial charge < -0.3 is 10.2 Å². The highest BCUT2D eigenvalue weighted by atomic mass is 16.3. The molecule has 0 bridgehead atoms. The van der Waals surface area contributed by atoms with E-state index in [1.165, 1.54) is 6.20 Å². The van der Waals surface area contributed by atoms with Gasteiger partial charge in [-0.25, -0.2) is 9.97 Å². The van der Waals surface area contributed by atoms with Gasteiger partial charge in [0.05, 0.1) is 16.6 Å². The van der Waals surface area contributed by atoms with Gasteiger partial charge in [-0.3, -0.25) is 4.40 Å². The maximum atomic E-state index is 10.4. The molecule has 24 heavy (non-hydrogen) atoms. The number of hydrogen-bond donors (Lipinski definition) is 2. The number of para-hydroxylation sites is 1. The summed E-state index contributed by atoms with van der Waals surface area (Å²) in [6, 6.07) is 14.8. The van der Waals surface area contributed by atoms with Crippen molar-refractivity contribution < 1.29 is 10.2 Å². The molecule has 1 aromatic carbocycles. The Morgan fingerprint density at radius 2 is 1.75 bits per heavy atom. The molecule has 0 spiro atoms. The average molecular weight is 317 g/mol. The molecule has 4 aromatic rings. The van der Waals surface area contributed by atoms with Crippen LogP contribution in [-0.4, -0.2) is 24.6 Å². The molecule has 5 heteroatoms. The topological polar surface area (TPSA) is 70.7 Å². The smallest absolute Gasteiger partial charge is 0.220 e. The van der Waals surface area contributed by atoms with Crippen LogP contribution in [-0.2, 0) is 0 Å². The van der Waals surface area contributed by atoms with E-state index < -0.39 is 0 Å². The van der Waals surface area contributed by atoms with Gasteiger partial charge in [-0.05, 0) is 42.8 Å². The lowest BCUT2D eigenvalue weighted by molar-refractivity contribution is 0.455. The number of aromatic nitrogens is 3. The van der Waals surface area contributed by atoms with Crippen LogP contribution in [0.3, 0.4) is 0 Å². The molecule has 2 N–H and O–H groups in total. The van der Waals surface area contributed by atoms with Crippen molar-refractivity contribution in [3.8, 4) is 34.3 Å². The molecule has 3 aromatic heterocycles. The van der Waals surface area contributed by atoms with Crippen LogP contribution in [0.5, 0.6) is 11.6 Å². The normalized spacial score (nSPS) is 11.0. The van der Waals surface area contributed by atoms with Gasteiger partial charge in [-0.2, -0.15) is 0 Å². The van der Waals surface area contributed by atoms with Crippen LogP contribution < -0.4 is 0 Å². The number of benzene rings is 1. The molecule has 0 amide bonds. The first-order chi connectivity index (χ1) is 11.7. The summed E-state index contributed by atoms with van der Waals surface area (Å²) in [7, 11) is 0. The quantitative estimate of drug-likeness (QED) is 0.590. The Morgan fingerprint density at radius 1 is 0.917 bits per heavy atom. The molecule has 0 saturated carbocycles. The van der Waals surface area contributed by atoms with E-state index in [1.54, 1.807) is 12.1 Å². The Bertz CT molecular complexity index is 1050. The second kappa shape index (κ2) is 5.38. The first kappa shape index (κ1) is 14.3. The lowest BCUT2D eigenvalue weighted by atomic mass is 10.1. The number of nitrogens with zero attached hydrogens (tertiary/aromatic N) is 3. The molecule has 0 fully saturated rings. The van der Waals surface area contributed by atoms with Gasteiger partial charge >= 0.3 is 0 Å². The van der Waals surface area contributed by atoms with Crippen molar-refractivity contribution in [2.24, 2.45) is 0 Å². The molecule has 4 rings (SSSR count). The summed E-state index contributed by atoms with van der Waals surface area (Å²) in [5.74, 6) is 0.752. The number of rotatable bonds is 2. The molecule has 3 heterocycles. The molecule has 5 nitrogen and oxygen atoms in total. The molecule has 0 radical (unpaired) electrons. The fraction of sp³-hybridized carbons (Fsp3) is 0.0526. The minimum atomic E-state index is -0.0682. The summed E-state index contributed by atoms with van der Waals surface area (Å²) in [5, 5.41) is 20.5. The highest BCUT2D eigenvalue weighted by Crippen LogP contribution is 2.36. The van der Waals surface area contributed by atoms with E-state index in [0.29, 0.717) is 22.6 Å². The van der Waals surface area contributed by atoms with Gasteiger partial charge in [0.25, 0.3) is 0 Å². The molecule has 0 saturated heterocycles. The van der Waals surface area contributed by atoms with Crippen molar-refractivity contribution >= 4 is 5.52 Å². The number of hydrogen-bond acceptors (Lipinski definition) is 4. The molecular formula is C19H15N3O2. The number of phenols is 1. The average Bonchev–Trinajstić information content (AvgIpc) is 2.97. The zero-order chi connectivity index (χ0) is 16.7. The highest BCUT2D eigenvalue weighted by molar-refractivity contribution is 5.84. The predicted octanol–water partition coefficient (Wildman–Crippen LogP) is 3.78. The molecular weight excluding hydrogens is 302 g/mol. The predicted molar refractivity (Wildman–Crippen MR) is 91.9 cm³/mol. The number of fused-ring (bicyclic) bond motifs is 1. The lowest BCUT2D eigenvalue weighted by Gasteiger charge is -2.06. The highest BCUT2D eigenvalue weighted by Gasteiger charge is 2.18. The Balaban J connectivity index is 2.06. The molecule has 118 valence electrons. The Kier molecular flexibility index (Phi) is 3.20. The van der Waals surface area contributed by atoms with Crippen LogP contribution in [0.2, 0.25) is 0 Å². The maximum absolute atomic E-state index is 10.4. The van der Waals surface area contributed by atoms with Crippen LogP contribution in [0.4, 0.5) is 0 Å². The minimum Gasteiger partial charge on any atom is -0.507 e. The van der Waals surface area contributed by atoms with Gasteiger partial charge in [0.2, 0.25) is 5.88 Å². The van der Waals surface area contributed by atoms with E-state index >= 15 is 0 Å². The molecule has 0 aliphatic rings. The van der Waals surface area contributed by atoms with Crippen molar-refractivity contribution in [3.05, 3.63) is 66.5 Å². The van der Waals surface area contributed by atoms with E-state index in [1.807, 2.05) is 53.9 Å². The van der Waals surface area contributed by atoms with Crippen LogP contribution >= 0.6 is 0 Å². The molecule has 0 atom stereocenters. The fourth-order valence-electron chi connectivity index (χ4n) is 2.85. The fourth-order valence-corrected chi connectivity index (χ4v) is 2.85. The number of aryl methyl sites for hydroxylation is 1. The maximum Gasteiger partial charge on any atom is 0.220 e. The SMILES string of the molecule is Cc1cccc(-c2nc(-c3cccnc3O)c3ccccn23)c1O. The molecule has 0 aliphatic carbocycles. The second-order valence-corrected chi connectivity index (χ2v) is 5.59. The Hall–Kier alpha value is -3.34. The van der Waals surface area contributed by atoms with Gasteiger partial charge in [0, 0.05) is 12.4 Å². The van der Waals surface area contributed by atoms with Crippen LogP contribution in [0, 0.1) is 6.92 Å². The summed E-state index contributed by atoms with van der Waals surface area (Å²) in [6.45, 7) is 1.85. The summed E-state index contributed by atoms with van der Waals surface area (Å²) < 4.78 is 1.90. The zero-order valence-electron chi connectivity index (χ0n) is 13.0. The zero-order valence-corrected chi connectivity index (χ0v) is 13.0. The van der Waals surface area contributed by atoms with E-state index in [2.05, 4.69) is 4.98 Å². The Morgan fingerprint density at radius 3 is 2.58 bits per heavy atom. The van der Waals surface area contributed by atoms with Gasteiger partial charge in [0.15, 0.2) is 0 Å². The van der Waals surface area contributed by atoms with Gasteiger partial charge in [-0.1, -0.05) is 18.2 Å². The second-order valence-electron chi connectivity index (χ2n) is 5.59. The van der Waals surface area contributed by atoms with Crippen LogP contribution in [0.15, 0.2) is 60.9 Å². The van der Waals surface area contributed by atoms with Crippen molar-refractivity contribution in [1.29, 1.82) is 0 Å². The minimum absolute atomic E-state index is 0.0682. The van der Waals surface area contributed by atoms with E-state index in [-0.39, 0.29) is 11.6 Å². The summed E-state index contributed by atoms with van der Waals surface area (Å²) in [5.41, 5.74) is 3.44. The van der Waals surface area contributed by atoms with E-state index in [0.717, 1.165) is 11.1 Å². The standard InChI is InChI=1S/C19H15N3O2/c1-12-6-4-7-14(17(12)23)18-21-16(13-8-5-10-20-19(13)24)15-9-2-3-11-22(15)18/h2-11,23H,1H3,(H,20,24). The third kappa shape index (κ3) is 2.10. The van der Waals surface area contributed by atoms with Gasteiger partial charge in [0.1, 0.15) is 17.3 Å². The van der Waals surface area contributed by atoms with E-state index in [4.69, 9.17) is 4.98 Å². The van der Waals surface area contributed by atoms with Crippen molar-refractivity contribution in [3.63, 3.8) is 0 Å². The Labute approximate surface area is 138 Å². The molecule has 0 aliphatic heterocycles. The van der Waals surface area contributed by atoms with Crippen molar-refractivity contribution in [2.75, 3.05) is 0 Å². The molecule has 0 unspecified atom stereocenters. The number of aromatic hydroxyl groups is 2. The number of pyridine rings is 2. The van der Waals surface area contributed by atoms with E-state index in [9.17, 15) is 10.2 Å². The largest absolute Gasteiger partial charge is 0.507 e. The third-order valence-electron chi connectivity index (χ3n) is 4.07. The summed E-state index contributed by atoms with van der Waals surface area (Å²) in [4.78, 5) is 8.63. The number of imidazole rings is 1. The third-order valence-corrected chi connectivity index (χ3v) is 4.07. The summed E-state index contributed by atoms with van der Waals surface area (Å²) >= 11 is 0. The van der Waals surface area contributed by atoms with Crippen molar-refractivity contribution in [2.45, 2.75) is 6.92 Å². The van der Waals surface area contributed by atoms with Gasteiger partial charge in [-0.15, -0.1) is 0 Å². The van der Waals surface area contributed by atoms with Crippen LogP contribution in [0.1, 0.15) is 5.56 Å². The first-order valence-electron chi connectivity index (χ1n) is 7.57. The number of phenolic OH excluding ortho intramolecular Hbond substituents is 1. The lowest BCUT2D eigenvalue weighted by Crippen LogP contribution is -1.90.